The largest absolute Gasteiger partial charge is 0.416 e. The molecular formula is C28H30F3N5O2. The van der Waals surface area contributed by atoms with Crippen molar-refractivity contribution in [2.75, 3.05) is 43.4 Å². The summed E-state index contributed by atoms with van der Waals surface area (Å²) in [5.74, 6) is -1.09. The number of aromatic nitrogens is 1. The minimum Gasteiger partial charge on any atom is -0.322 e. The summed E-state index contributed by atoms with van der Waals surface area (Å²) < 4.78 is 41.8. The van der Waals surface area contributed by atoms with Gasteiger partial charge in [-0.1, -0.05) is 19.1 Å². The molecule has 0 unspecified atom stereocenters. The predicted molar refractivity (Wildman–Crippen MR) is 140 cm³/mol. The topological polar surface area (TPSA) is 77.6 Å². The third-order valence-corrected chi connectivity index (χ3v) is 6.64. The van der Waals surface area contributed by atoms with Crippen LogP contribution in [0.2, 0.25) is 0 Å². The van der Waals surface area contributed by atoms with Gasteiger partial charge in [-0.2, -0.15) is 13.2 Å². The number of carbonyl (C=O) groups is 2. The van der Waals surface area contributed by atoms with E-state index in [9.17, 15) is 22.8 Å². The Balaban J connectivity index is 1.50. The number of pyridine rings is 1. The fraction of sp³-hybridized carbons (Fsp3) is 0.321. The maximum atomic E-state index is 13.9. The van der Waals surface area contributed by atoms with Crippen LogP contribution in [0.3, 0.4) is 0 Å². The lowest BCUT2D eigenvalue weighted by Crippen LogP contribution is -2.45. The van der Waals surface area contributed by atoms with Gasteiger partial charge in [-0.05, 0) is 61.0 Å². The van der Waals surface area contributed by atoms with Crippen molar-refractivity contribution in [3.05, 3.63) is 88.7 Å². The van der Waals surface area contributed by atoms with Gasteiger partial charge in [0, 0.05) is 55.7 Å². The third kappa shape index (κ3) is 6.76. The Hall–Kier alpha value is -3.76. The number of nitrogens with one attached hydrogen (secondary N) is 2. The van der Waals surface area contributed by atoms with Gasteiger partial charge in [0.05, 0.1) is 17.4 Å². The molecule has 38 heavy (non-hydrogen) atoms. The first kappa shape index (κ1) is 27.3. The quantitative estimate of drug-likeness (QED) is 0.452. The summed E-state index contributed by atoms with van der Waals surface area (Å²) in [6.07, 6.45) is -1.51. The van der Waals surface area contributed by atoms with Crippen molar-refractivity contribution < 1.29 is 22.8 Å². The van der Waals surface area contributed by atoms with Crippen LogP contribution in [0, 0.1) is 6.92 Å². The zero-order chi connectivity index (χ0) is 27.3. The summed E-state index contributed by atoms with van der Waals surface area (Å²) in [6.45, 7) is 7.92. The lowest BCUT2D eigenvalue weighted by molar-refractivity contribution is -0.138. The zero-order valence-electron chi connectivity index (χ0n) is 21.3. The molecule has 2 N–H and O–H groups in total. The fourth-order valence-corrected chi connectivity index (χ4v) is 4.41. The summed E-state index contributed by atoms with van der Waals surface area (Å²) in [4.78, 5) is 33.9. The normalized spacial score (nSPS) is 14.8. The molecule has 1 aliphatic heterocycles. The van der Waals surface area contributed by atoms with Crippen molar-refractivity contribution >= 4 is 23.2 Å². The second kappa shape index (κ2) is 11.7. The van der Waals surface area contributed by atoms with Crippen molar-refractivity contribution in [3.63, 3.8) is 0 Å². The number of aryl methyl sites for hydroxylation is 1. The lowest BCUT2D eigenvalue weighted by atomic mass is 10.0. The second-order valence-corrected chi connectivity index (χ2v) is 9.26. The summed E-state index contributed by atoms with van der Waals surface area (Å²) in [5, 5.41) is 5.36. The van der Waals surface area contributed by atoms with Gasteiger partial charge in [0.15, 0.2) is 0 Å². The van der Waals surface area contributed by atoms with Gasteiger partial charge in [-0.15, -0.1) is 0 Å². The number of rotatable bonds is 7. The molecule has 0 spiro atoms. The molecule has 2 amide bonds. The van der Waals surface area contributed by atoms with Crippen LogP contribution >= 0.6 is 0 Å². The predicted octanol–water partition coefficient (Wildman–Crippen LogP) is 5.05. The molecule has 10 heteroatoms. The minimum absolute atomic E-state index is 0.112. The smallest absolute Gasteiger partial charge is 0.322 e. The van der Waals surface area contributed by atoms with Crippen molar-refractivity contribution in [3.8, 4) is 0 Å². The van der Waals surface area contributed by atoms with Crippen LogP contribution in [0.1, 0.15) is 44.3 Å². The van der Waals surface area contributed by atoms with Crippen molar-refractivity contribution in [1.82, 2.24) is 14.8 Å². The standard InChI is InChI=1S/C28H30F3N5O2/c1-3-35-11-13-36(14-12-35)18-21-8-7-20(15-25(21)28(29,30)31)26(37)33-22-9-6-19(2)24(16-22)27(38)34-23-5-4-10-32-17-23/h4-10,15-17H,3,11-14,18H2,1-2H3,(H,33,37)(H,34,38). The summed E-state index contributed by atoms with van der Waals surface area (Å²) in [5.41, 5.74) is 1.02. The SMILES string of the molecule is CCN1CCN(Cc2ccc(C(=O)Nc3ccc(C)c(C(=O)Nc4cccnc4)c3)cc2C(F)(F)F)CC1. The van der Waals surface area contributed by atoms with Gasteiger partial charge >= 0.3 is 6.18 Å². The van der Waals surface area contributed by atoms with Gasteiger partial charge in [-0.25, -0.2) is 0 Å². The third-order valence-electron chi connectivity index (χ3n) is 6.64. The molecule has 1 aliphatic rings. The average Bonchev–Trinajstić information content (AvgIpc) is 2.90. The van der Waals surface area contributed by atoms with E-state index in [0.29, 0.717) is 35.6 Å². The highest BCUT2D eigenvalue weighted by Gasteiger charge is 2.34. The number of nitrogens with zero attached hydrogens (tertiary/aromatic N) is 3. The molecule has 200 valence electrons. The molecule has 0 aliphatic carbocycles. The number of carbonyl (C=O) groups excluding carboxylic acids is 2. The van der Waals surface area contributed by atoms with Crippen molar-refractivity contribution in [2.45, 2.75) is 26.6 Å². The van der Waals surface area contributed by atoms with E-state index in [-0.39, 0.29) is 17.7 Å². The van der Waals surface area contributed by atoms with E-state index in [2.05, 4.69) is 27.4 Å². The van der Waals surface area contributed by atoms with E-state index in [1.165, 1.54) is 24.4 Å². The van der Waals surface area contributed by atoms with E-state index >= 15 is 0 Å². The van der Waals surface area contributed by atoms with Crippen LogP contribution in [0.25, 0.3) is 0 Å². The Morgan fingerprint density at radius 3 is 2.29 bits per heavy atom. The summed E-state index contributed by atoms with van der Waals surface area (Å²) >= 11 is 0. The Morgan fingerprint density at radius 1 is 0.921 bits per heavy atom. The first-order chi connectivity index (χ1) is 18.1. The van der Waals surface area contributed by atoms with Gasteiger partial charge in [0.2, 0.25) is 0 Å². The lowest BCUT2D eigenvalue weighted by Gasteiger charge is -2.34. The van der Waals surface area contributed by atoms with Crippen molar-refractivity contribution in [1.29, 1.82) is 0 Å². The number of alkyl halides is 3. The van der Waals surface area contributed by atoms with E-state index in [1.54, 1.807) is 37.4 Å². The Morgan fingerprint density at radius 2 is 1.63 bits per heavy atom. The Kier molecular flexibility index (Phi) is 8.43. The number of hydrogen-bond donors (Lipinski definition) is 2. The van der Waals surface area contributed by atoms with E-state index in [1.807, 2.05) is 4.90 Å². The number of hydrogen-bond acceptors (Lipinski definition) is 5. The number of amides is 2. The molecule has 3 aromatic rings. The maximum Gasteiger partial charge on any atom is 0.416 e. The molecule has 2 heterocycles. The van der Waals surface area contributed by atoms with Gasteiger partial charge < -0.3 is 15.5 Å². The highest BCUT2D eigenvalue weighted by Crippen LogP contribution is 2.34. The van der Waals surface area contributed by atoms with E-state index in [4.69, 9.17) is 0 Å². The highest BCUT2D eigenvalue weighted by molar-refractivity contribution is 6.08. The number of likely N-dealkylation sites (N-methyl/N-ethyl adjacent to an activating group) is 1. The van der Waals surface area contributed by atoms with Crippen LogP contribution in [0.15, 0.2) is 60.9 Å². The molecule has 1 saturated heterocycles. The molecule has 7 nitrogen and oxygen atoms in total. The Labute approximate surface area is 219 Å². The van der Waals surface area contributed by atoms with Crippen molar-refractivity contribution in [2.24, 2.45) is 0 Å². The molecular weight excluding hydrogens is 495 g/mol. The molecule has 0 bridgehead atoms. The molecule has 0 atom stereocenters. The summed E-state index contributed by atoms with van der Waals surface area (Å²) in [7, 11) is 0. The average molecular weight is 526 g/mol. The number of anilines is 2. The van der Waals surface area contributed by atoms with Crippen LogP contribution in [0.5, 0.6) is 0 Å². The fourth-order valence-electron chi connectivity index (χ4n) is 4.41. The Bertz CT molecular complexity index is 1290. The van der Waals surface area contributed by atoms with Gasteiger partial charge in [0.1, 0.15) is 0 Å². The van der Waals surface area contributed by atoms with Crippen LogP contribution in [-0.2, 0) is 12.7 Å². The molecule has 4 rings (SSSR count). The number of halogens is 3. The number of piperazine rings is 1. The zero-order valence-corrected chi connectivity index (χ0v) is 21.3. The molecule has 0 saturated carbocycles. The highest BCUT2D eigenvalue weighted by atomic mass is 19.4. The summed E-state index contributed by atoms with van der Waals surface area (Å²) in [6, 6.07) is 11.8. The molecule has 2 aromatic carbocycles. The minimum atomic E-state index is -4.60. The van der Waals surface area contributed by atoms with Crippen LogP contribution in [0.4, 0.5) is 24.5 Å². The van der Waals surface area contributed by atoms with E-state index < -0.39 is 23.6 Å². The monoisotopic (exact) mass is 525 g/mol. The van der Waals surface area contributed by atoms with Crippen LogP contribution < -0.4 is 10.6 Å². The maximum absolute atomic E-state index is 13.9. The first-order valence-corrected chi connectivity index (χ1v) is 12.4. The van der Waals surface area contributed by atoms with Crippen LogP contribution in [-0.4, -0.2) is 59.3 Å². The van der Waals surface area contributed by atoms with Gasteiger partial charge in [-0.3, -0.25) is 19.5 Å². The van der Waals surface area contributed by atoms with Gasteiger partial charge in [0.25, 0.3) is 11.8 Å². The number of benzene rings is 2. The second-order valence-electron chi connectivity index (χ2n) is 9.26. The van der Waals surface area contributed by atoms with E-state index in [0.717, 1.165) is 25.7 Å². The first-order valence-electron chi connectivity index (χ1n) is 12.4. The molecule has 0 radical (unpaired) electrons. The molecule has 1 fully saturated rings. The molecule has 1 aromatic heterocycles.